The summed E-state index contributed by atoms with van der Waals surface area (Å²) in [6.07, 6.45) is 0. The summed E-state index contributed by atoms with van der Waals surface area (Å²) in [6.45, 7) is 6.81. The predicted molar refractivity (Wildman–Crippen MR) is 72.0 cm³/mol. The van der Waals surface area contributed by atoms with Crippen LogP contribution in [0, 0.1) is 0 Å². The highest BCUT2D eigenvalue weighted by Gasteiger charge is 1.77. The predicted octanol–water partition coefficient (Wildman–Crippen LogP) is -1.40. The van der Waals surface area contributed by atoms with Crippen molar-refractivity contribution in [1.82, 2.24) is 0 Å². The Hall–Kier alpha value is -1.15. The highest BCUT2D eigenvalue weighted by atomic mass is 16.2. The molecule has 0 bridgehead atoms. The van der Waals surface area contributed by atoms with E-state index in [0.717, 1.165) is 0 Å². The third-order valence-corrected chi connectivity index (χ3v) is 0.862. The first-order valence-electron chi connectivity index (χ1n) is 5.42. The largest absolute Gasteiger partial charge is 0.397 e. The summed E-state index contributed by atoms with van der Waals surface area (Å²) in [5, 5.41) is 7.57. The molecule has 0 rings (SSSR count). The Bertz CT molecular complexity index is 175. The van der Waals surface area contributed by atoms with E-state index in [0.29, 0.717) is 0 Å². The van der Waals surface area contributed by atoms with Crippen molar-refractivity contribution in [2.45, 2.75) is 27.7 Å². The normalized spacial score (nSPS) is 7.33. The van der Waals surface area contributed by atoms with Gasteiger partial charge in [0.05, 0.1) is 19.6 Å². The summed E-state index contributed by atoms with van der Waals surface area (Å²) in [5.41, 5.74) is 14.5. The van der Waals surface area contributed by atoms with Crippen molar-refractivity contribution < 1.29 is 19.5 Å². The van der Waals surface area contributed by atoms with Crippen LogP contribution in [-0.4, -0.2) is 48.7 Å². The lowest BCUT2D eigenvalue weighted by Crippen LogP contribution is -2.07. The molecule has 7 N–H and O–H groups in total. The number of aliphatic hydroxyl groups excluding tert-OH is 1. The molecule has 0 atom stereocenters. The molecule has 0 spiro atoms. The Morgan fingerprint density at radius 1 is 0.778 bits per heavy atom. The van der Waals surface area contributed by atoms with Crippen molar-refractivity contribution in [3.63, 3.8) is 0 Å². The second-order valence-corrected chi connectivity index (χ2v) is 3.03. The SMILES string of the molecule is CC(=O)CN.CC(=O)CN.CC(=O)CN.CCO. The highest BCUT2D eigenvalue weighted by Crippen LogP contribution is 1.52. The van der Waals surface area contributed by atoms with Gasteiger partial charge in [0, 0.05) is 6.61 Å². The van der Waals surface area contributed by atoms with Crippen molar-refractivity contribution in [2.24, 2.45) is 17.2 Å². The van der Waals surface area contributed by atoms with Crippen molar-refractivity contribution in [2.75, 3.05) is 26.2 Å². The molecular weight excluding hydrogens is 238 g/mol. The van der Waals surface area contributed by atoms with Crippen LogP contribution >= 0.6 is 0 Å². The van der Waals surface area contributed by atoms with Crippen molar-refractivity contribution in [1.29, 1.82) is 0 Å². The average Bonchev–Trinajstić information content (AvgIpc) is 2.31. The first-order valence-corrected chi connectivity index (χ1v) is 5.42. The molecular formula is C11H27N3O4. The van der Waals surface area contributed by atoms with Crippen LogP contribution in [0.5, 0.6) is 0 Å². The highest BCUT2D eigenvalue weighted by molar-refractivity contribution is 5.77. The molecule has 0 aliphatic rings. The minimum atomic E-state index is 0.0324. The molecule has 0 fully saturated rings. The maximum Gasteiger partial charge on any atom is 0.143 e. The van der Waals surface area contributed by atoms with Crippen LogP contribution < -0.4 is 17.2 Å². The zero-order chi connectivity index (χ0) is 15.6. The molecule has 0 heterocycles. The fourth-order valence-electron chi connectivity index (χ4n) is 0. The Morgan fingerprint density at radius 2 is 0.833 bits per heavy atom. The van der Waals surface area contributed by atoms with Gasteiger partial charge in [0.1, 0.15) is 17.3 Å². The molecule has 0 unspecified atom stereocenters. The van der Waals surface area contributed by atoms with Gasteiger partial charge in [-0.05, 0) is 27.7 Å². The van der Waals surface area contributed by atoms with Gasteiger partial charge in [-0.25, -0.2) is 0 Å². The molecule has 7 heteroatoms. The molecule has 0 saturated heterocycles. The van der Waals surface area contributed by atoms with Gasteiger partial charge in [-0.2, -0.15) is 0 Å². The van der Waals surface area contributed by atoms with E-state index in [4.69, 9.17) is 22.3 Å². The van der Waals surface area contributed by atoms with Gasteiger partial charge >= 0.3 is 0 Å². The summed E-state index contributed by atoms with van der Waals surface area (Å²) in [7, 11) is 0. The molecule has 0 aliphatic carbocycles. The summed E-state index contributed by atoms with van der Waals surface area (Å²) < 4.78 is 0. The minimum Gasteiger partial charge on any atom is -0.397 e. The van der Waals surface area contributed by atoms with Gasteiger partial charge in [0.15, 0.2) is 0 Å². The smallest absolute Gasteiger partial charge is 0.143 e. The zero-order valence-corrected chi connectivity index (χ0v) is 11.7. The number of Topliss-reactive ketones (excluding diaryl/α,β-unsaturated/α-hetero) is 3. The number of ketones is 3. The van der Waals surface area contributed by atoms with E-state index in [1.807, 2.05) is 0 Å². The van der Waals surface area contributed by atoms with E-state index in [-0.39, 0.29) is 43.6 Å². The number of rotatable bonds is 3. The fourth-order valence-corrected chi connectivity index (χ4v) is 0. The second kappa shape index (κ2) is 24.9. The molecule has 7 nitrogen and oxygen atoms in total. The molecule has 18 heavy (non-hydrogen) atoms. The van der Waals surface area contributed by atoms with E-state index in [1.54, 1.807) is 6.92 Å². The molecule has 0 aromatic rings. The van der Waals surface area contributed by atoms with Crippen LogP contribution in [0.15, 0.2) is 0 Å². The van der Waals surface area contributed by atoms with Gasteiger partial charge in [-0.3, -0.25) is 14.4 Å². The Morgan fingerprint density at radius 3 is 0.833 bits per heavy atom. The minimum absolute atomic E-state index is 0.0324. The summed E-state index contributed by atoms with van der Waals surface area (Å²) in [6, 6.07) is 0. The van der Waals surface area contributed by atoms with E-state index >= 15 is 0 Å². The number of nitrogens with two attached hydrogens (primary N) is 3. The van der Waals surface area contributed by atoms with Crippen molar-refractivity contribution >= 4 is 17.3 Å². The number of carbonyl (C=O) groups excluding carboxylic acids is 3. The number of carbonyl (C=O) groups is 3. The summed E-state index contributed by atoms with van der Waals surface area (Å²) >= 11 is 0. The van der Waals surface area contributed by atoms with Crippen LogP contribution in [0.2, 0.25) is 0 Å². The molecule has 0 saturated carbocycles. The lowest BCUT2D eigenvalue weighted by Gasteiger charge is -1.73. The third kappa shape index (κ3) is 121. The van der Waals surface area contributed by atoms with Gasteiger partial charge in [-0.15, -0.1) is 0 Å². The second-order valence-electron chi connectivity index (χ2n) is 3.03. The Labute approximate surface area is 109 Å². The molecule has 0 aliphatic heterocycles. The first kappa shape index (κ1) is 25.6. The summed E-state index contributed by atoms with van der Waals surface area (Å²) in [5.74, 6) is 0.0972. The lowest BCUT2D eigenvalue weighted by molar-refractivity contribution is -0.116. The fraction of sp³-hybridized carbons (Fsp3) is 0.727. The average molecular weight is 265 g/mol. The Balaban J connectivity index is -0.0000000739. The van der Waals surface area contributed by atoms with Gasteiger partial charge in [0.25, 0.3) is 0 Å². The van der Waals surface area contributed by atoms with Crippen LogP contribution in [0.1, 0.15) is 27.7 Å². The molecule has 0 radical (unpaired) electrons. The van der Waals surface area contributed by atoms with Crippen LogP contribution in [0.3, 0.4) is 0 Å². The van der Waals surface area contributed by atoms with E-state index in [1.165, 1.54) is 20.8 Å². The van der Waals surface area contributed by atoms with Gasteiger partial charge in [-0.1, -0.05) is 0 Å². The summed E-state index contributed by atoms with van der Waals surface area (Å²) in [4.78, 5) is 29.1. The molecule has 110 valence electrons. The Kier molecular flexibility index (Phi) is 35.5. The number of hydrogen-bond acceptors (Lipinski definition) is 7. The number of aliphatic hydroxyl groups is 1. The standard InChI is InChI=1S/3C3H7NO.C2H6O/c3*1-3(5)2-4;1-2-3/h3*2,4H2,1H3;3H,2H2,1H3. The maximum absolute atomic E-state index is 9.69. The van der Waals surface area contributed by atoms with Gasteiger partial charge in [0.2, 0.25) is 0 Å². The van der Waals surface area contributed by atoms with Crippen molar-refractivity contribution in [3.05, 3.63) is 0 Å². The zero-order valence-electron chi connectivity index (χ0n) is 11.7. The molecule has 0 aromatic heterocycles. The van der Waals surface area contributed by atoms with E-state index in [2.05, 4.69) is 0 Å². The lowest BCUT2D eigenvalue weighted by atomic mass is 10.5. The monoisotopic (exact) mass is 265 g/mol. The van der Waals surface area contributed by atoms with E-state index in [9.17, 15) is 14.4 Å². The van der Waals surface area contributed by atoms with Crippen LogP contribution in [-0.2, 0) is 14.4 Å². The van der Waals surface area contributed by atoms with Gasteiger partial charge < -0.3 is 22.3 Å². The molecule has 0 aromatic carbocycles. The van der Waals surface area contributed by atoms with E-state index < -0.39 is 0 Å². The van der Waals surface area contributed by atoms with Crippen LogP contribution in [0.25, 0.3) is 0 Å². The topological polar surface area (TPSA) is 150 Å². The number of hydrogen-bond donors (Lipinski definition) is 4. The van der Waals surface area contributed by atoms with Crippen molar-refractivity contribution in [3.8, 4) is 0 Å². The molecule has 0 amide bonds. The van der Waals surface area contributed by atoms with Crippen LogP contribution in [0.4, 0.5) is 0 Å². The maximum atomic E-state index is 9.69. The third-order valence-electron chi connectivity index (χ3n) is 0.862. The first-order chi connectivity index (χ1) is 8.22. The quantitative estimate of drug-likeness (QED) is 0.490.